The van der Waals surface area contributed by atoms with Crippen LogP contribution in [0.5, 0.6) is 5.75 Å². The highest BCUT2D eigenvalue weighted by molar-refractivity contribution is 5.99. The van der Waals surface area contributed by atoms with Gasteiger partial charge in [0.2, 0.25) is 0 Å². The Hall–Kier alpha value is -1.59. The lowest BCUT2D eigenvalue weighted by Gasteiger charge is -2.35. The Morgan fingerprint density at radius 3 is 2.85 bits per heavy atom. The predicted octanol–water partition coefficient (Wildman–Crippen LogP) is 2.99. The van der Waals surface area contributed by atoms with E-state index < -0.39 is 5.92 Å². The highest BCUT2D eigenvalue weighted by Crippen LogP contribution is 2.35. The zero-order chi connectivity index (χ0) is 17.8. The molecule has 0 aromatic heterocycles. The van der Waals surface area contributed by atoms with E-state index in [4.69, 9.17) is 9.47 Å². The second-order valence-corrected chi connectivity index (χ2v) is 6.93. The third-order valence-electron chi connectivity index (χ3n) is 5.35. The van der Waals surface area contributed by atoms with Gasteiger partial charge in [-0.15, -0.1) is 12.4 Å². The van der Waals surface area contributed by atoms with Gasteiger partial charge in [0.25, 0.3) is 0 Å². The van der Waals surface area contributed by atoms with Crippen molar-refractivity contribution in [3.63, 3.8) is 0 Å². The maximum Gasteiger partial charge on any atom is 0.317 e. The molecular weight excluding hydrogens is 354 g/mol. The molecule has 2 unspecified atom stereocenters. The summed E-state index contributed by atoms with van der Waals surface area (Å²) in [5, 5.41) is 0. The minimum absolute atomic E-state index is 0. The molecule has 5 nitrogen and oxygen atoms in total. The van der Waals surface area contributed by atoms with Gasteiger partial charge >= 0.3 is 5.97 Å². The first-order valence-corrected chi connectivity index (χ1v) is 9.21. The van der Waals surface area contributed by atoms with E-state index in [0.29, 0.717) is 25.5 Å². The van der Waals surface area contributed by atoms with Gasteiger partial charge in [0.05, 0.1) is 13.7 Å². The van der Waals surface area contributed by atoms with Crippen molar-refractivity contribution in [2.24, 2.45) is 5.92 Å². The third kappa shape index (κ3) is 4.57. The number of hydrogen-bond acceptors (Lipinski definition) is 5. The normalized spacial score (nSPS) is 22.9. The van der Waals surface area contributed by atoms with Crippen molar-refractivity contribution in [3.8, 4) is 5.75 Å². The minimum atomic E-state index is -0.623. The molecule has 2 aliphatic rings. The number of likely N-dealkylation sites (tertiary alicyclic amines) is 1. The molecule has 26 heavy (non-hydrogen) atoms. The van der Waals surface area contributed by atoms with Gasteiger partial charge in [0.1, 0.15) is 17.5 Å². The number of ether oxygens (including phenoxy) is 2. The van der Waals surface area contributed by atoms with Gasteiger partial charge in [0.15, 0.2) is 0 Å². The number of fused-ring (bicyclic) bond motifs is 1. The minimum Gasteiger partial charge on any atom is -0.497 e. The summed E-state index contributed by atoms with van der Waals surface area (Å²) >= 11 is 0. The fourth-order valence-electron chi connectivity index (χ4n) is 4.01. The predicted molar refractivity (Wildman–Crippen MR) is 102 cm³/mol. The van der Waals surface area contributed by atoms with E-state index in [2.05, 4.69) is 17.0 Å². The topological polar surface area (TPSA) is 55.8 Å². The Labute approximate surface area is 161 Å². The molecule has 1 fully saturated rings. The van der Waals surface area contributed by atoms with Crippen molar-refractivity contribution in [2.45, 2.75) is 38.5 Å². The number of benzene rings is 1. The first kappa shape index (κ1) is 20.7. The molecule has 6 heteroatoms. The van der Waals surface area contributed by atoms with Gasteiger partial charge in [-0.2, -0.15) is 0 Å². The number of carbonyl (C=O) groups excluding carboxylic acids is 2. The molecule has 0 radical (unpaired) electrons. The smallest absolute Gasteiger partial charge is 0.317 e. The van der Waals surface area contributed by atoms with Crippen molar-refractivity contribution in [2.75, 3.05) is 33.4 Å². The number of aryl methyl sites for hydroxylation is 1. The number of Topliss-reactive ketones (excluding diaryl/α,β-unsaturated/α-hetero) is 1. The summed E-state index contributed by atoms with van der Waals surface area (Å²) in [4.78, 5) is 26.4. The van der Waals surface area contributed by atoms with Crippen LogP contribution in [0.3, 0.4) is 0 Å². The lowest BCUT2D eigenvalue weighted by Crippen LogP contribution is -2.46. The van der Waals surface area contributed by atoms with Crippen LogP contribution in [0.1, 0.15) is 43.2 Å². The molecule has 1 aliphatic heterocycles. The molecule has 1 heterocycles. The third-order valence-corrected chi connectivity index (χ3v) is 5.35. The van der Waals surface area contributed by atoms with Gasteiger partial charge in [-0.25, -0.2) is 0 Å². The number of methoxy groups -OCH3 is 1. The first-order chi connectivity index (χ1) is 12.1. The summed E-state index contributed by atoms with van der Waals surface area (Å²) in [5.74, 6) is 0.337. The largest absolute Gasteiger partial charge is 0.497 e. The number of carbonyl (C=O) groups is 2. The van der Waals surface area contributed by atoms with Gasteiger partial charge in [-0.1, -0.05) is 6.07 Å². The Balaban J connectivity index is 0.00000243. The van der Waals surface area contributed by atoms with Crippen LogP contribution in [0.15, 0.2) is 18.2 Å². The summed E-state index contributed by atoms with van der Waals surface area (Å²) in [7, 11) is 1.69. The molecule has 3 rings (SSSR count). The fourth-order valence-corrected chi connectivity index (χ4v) is 4.01. The Bertz CT molecular complexity index is 649. The summed E-state index contributed by atoms with van der Waals surface area (Å²) in [5.41, 5.74) is 2.75. The molecule has 0 N–H and O–H groups in total. The van der Waals surface area contributed by atoms with Crippen LogP contribution in [-0.4, -0.2) is 50.0 Å². The zero-order valence-electron chi connectivity index (χ0n) is 15.5. The first-order valence-electron chi connectivity index (χ1n) is 9.21. The molecular formula is C20H28ClNO4. The Morgan fingerprint density at radius 2 is 2.12 bits per heavy atom. The molecule has 1 aliphatic carbocycles. The molecule has 144 valence electrons. The van der Waals surface area contributed by atoms with Crippen molar-refractivity contribution in [3.05, 3.63) is 29.3 Å². The highest BCUT2D eigenvalue weighted by Gasteiger charge is 2.35. The maximum absolute atomic E-state index is 12.1. The van der Waals surface area contributed by atoms with Crippen LogP contribution < -0.4 is 4.74 Å². The number of rotatable bonds is 5. The zero-order valence-corrected chi connectivity index (χ0v) is 16.3. The number of halogens is 1. The second-order valence-electron chi connectivity index (χ2n) is 6.93. The molecule has 1 aromatic carbocycles. The van der Waals surface area contributed by atoms with Crippen molar-refractivity contribution in [1.29, 1.82) is 0 Å². The van der Waals surface area contributed by atoms with E-state index in [9.17, 15) is 9.59 Å². The second kappa shape index (κ2) is 9.38. The average Bonchev–Trinajstić information content (AvgIpc) is 2.63. The van der Waals surface area contributed by atoms with Gasteiger partial charge in [-0.05, 0) is 55.4 Å². The lowest BCUT2D eigenvalue weighted by molar-refractivity contribution is -0.154. The summed E-state index contributed by atoms with van der Waals surface area (Å²) in [6.45, 7) is 4.18. The number of nitrogens with zero attached hydrogens (tertiary/aromatic N) is 1. The van der Waals surface area contributed by atoms with Gasteiger partial charge in [0, 0.05) is 26.1 Å². The van der Waals surface area contributed by atoms with Crippen LogP contribution in [0.4, 0.5) is 0 Å². The van der Waals surface area contributed by atoms with Crippen LogP contribution in [0, 0.1) is 5.92 Å². The van der Waals surface area contributed by atoms with Crippen LogP contribution in [0.25, 0.3) is 0 Å². The van der Waals surface area contributed by atoms with E-state index in [0.717, 1.165) is 31.7 Å². The molecule has 0 saturated carbocycles. The van der Waals surface area contributed by atoms with Crippen molar-refractivity contribution in [1.82, 2.24) is 4.90 Å². The summed E-state index contributed by atoms with van der Waals surface area (Å²) in [6, 6.07) is 6.34. The van der Waals surface area contributed by atoms with Crippen molar-refractivity contribution >= 4 is 24.2 Å². The van der Waals surface area contributed by atoms with Crippen LogP contribution in [-0.2, 0) is 20.7 Å². The Morgan fingerprint density at radius 1 is 1.31 bits per heavy atom. The lowest BCUT2D eigenvalue weighted by atomic mass is 9.82. The molecule has 1 saturated heterocycles. The molecule has 1 aromatic rings. The average molecular weight is 382 g/mol. The number of piperidine rings is 1. The quantitative estimate of drug-likeness (QED) is 0.579. The monoisotopic (exact) mass is 381 g/mol. The SMILES string of the molecule is CCOC(=O)C1CN(CC2CCCc3ccc(OC)cc32)CCC1=O.Cl. The fraction of sp³-hybridized carbons (Fsp3) is 0.600. The Kier molecular flexibility index (Phi) is 7.47. The van der Waals surface area contributed by atoms with Gasteiger partial charge in [-0.3, -0.25) is 9.59 Å². The van der Waals surface area contributed by atoms with E-state index in [-0.39, 0.29) is 24.2 Å². The van der Waals surface area contributed by atoms with E-state index in [1.807, 2.05) is 6.07 Å². The van der Waals surface area contributed by atoms with Crippen LogP contribution >= 0.6 is 12.4 Å². The van der Waals surface area contributed by atoms with Gasteiger partial charge < -0.3 is 14.4 Å². The summed E-state index contributed by atoms with van der Waals surface area (Å²) in [6.07, 6.45) is 3.85. The van der Waals surface area contributed by atoms with Crippen molar-refractivity contribution < 1.29 is 19.1 Å². The maximum atomic E-state index is 12.1. The molecule has 0 bridgehead atoms. The van der Waals surface area contributed by atoms with E-state index in [1.165, 1.54) is 17.5 Å². The number of esters is 1. The highest BCUT2D eigenvalue weighted by atomic mass is 35.5. The molecule has 2 atom stereocenters. The number of hydrogen-bond donors (Lipinski definition) is 0. The van der Waals surface area contributed by atoms with Crippen LogP contribution in [0.2, 0.25) is 0 Å². The molecule has 0 spiro atoms. The van der Waals surface area contributed by atoms with E-state index >= 15 is 0 Å². The van der Waals surface area contributed by atoms with E-state index in [1.54, 1.807) is 14.0 Å². The molecule has 0 amide bonds. The number of ketones is 1. The standard InChI is InChI=1S/C20H27NO4.ClH/c1-3-25-20(23)18-13-21(10-9-19(18)22)12-15-6-4-5-14-7-8-16(24-2)11-17(14)15;/h7-8,11,15,18H,3-6,9-10,12-13H2,1-2H3;1H. The summed E-state index contributed by atoms with van der Waals surface area (Å²) < 4.78 is 10.5.